The maximum absolute atomic E-state index is 7.13. The summed E-state index contributed by atoms with van der Waals surface area (Å²) in [6.45, 7) is 2.82. The zero-order valence-electron chi connectivity index (χ0n) is 12.9. The van der Waals surface area contributed by atoms with E-state index in [0.717, 1.165) is 11.3 Å². The molecule has 0 saturated carbocycles. The Hall–Kier alpha value is -1.80. The molecule has 0 aromatic heterocycles. The number of nitrogens with zero attached hydrogens (tertiary/aromatic N) is 1. The highest BCUT2D eigenvalue weighted by Crippen LogP contribution is 2.10. The van der Waals surface area contributed by atoms with Crippen molar-refractivity contribution in [2.45, 2.75) is 6.54 Å². The van der Waals surface area contributed by atoms with Crippen LogP contribution in [0.15, 0.2) is 41.3 Å². The van der Waals surface area contributed by atoms with Crippen molar-refractivity contribution in [2.75, 3.05) is 45.5 Å². The SMILES string of the molecule is COCCOCCOC/C(=C/Nc1ccc(CN)cc1)N=N. The van der Waals surface area contributed by atoms with Crippen LogP contribution in [0.1, 0.15) is 5.56 Å². The second-order valence-electron chi connectivity index (χ2n) is 4.45. The van der Waals surface area contributed by atoms with E-state index in [9.17, 15) is 0 Å². The van der Waals surface area contributed by atoms with Gasteiger partial charge >= 0.3 is 0 Å². The van der Waals surface area contributed by atoms with Crippen LogP contribution in [0.25, 0.3) is 0 Å². The van der Waals surface area contributed by atoms with Crippen LogP contribution in [0, 0.1) is 5.53 Å². The normalized spacial score (nSPS) is 11.5. The van der Waals surface area contributed by atoms with Gasteiger partial charge in [0.05, 0.1) is 33.0 Å². The molecule has 7 nitrogen and oxygen atoms in total. The fraction of sp³-hybridized carbons (Fsp3) is 0.467. The highest BCUT2D eigenvalue weighted by Gasteiger charge is 1.97. The zero-order chi connectivity index (χ0) is 16.0. The maximum Gasteiger partial charge on any atom is 0.104 e. The van der Waals surface area contributed by atoms with Crippen LogP contribution < -0.4 is 11.1 Å². The van der Waals surface area contributed by atoms with Crippen molar-refractivity contribution in [2.24, 2.45) is 10.8 Å². The van der Waals surface area contributed by atoms with Crippen molar-refractivity contribution < 1.29 is 14.2 Å². The van der Waals surface area contributed by atoms with Gasteiger partial charge in [0.15, 0.2) is 0 Å². The molecule has 0 fully saturated rings. The number of nitrogens with one attached hydrogen (secondary N) is 2. The van der Waals surface area contributed by atoms with Gasteiger partial charge in [-0.25, -0.2) is 5.53 Å². The third-order valence-electron chi connectivity index (χ3n) is 2.79. The van der Waals surface area contributed by atoms with E-state index < -0.39 is 0 Å². The molecule has 0 aliphatic carbocycles. The first kappa shape index (κ1) is 18.2. The van der Waals surface area contributed by atoms with Gasteiger partial charge in [-0.2, -0.15) is 5.11 Å². The van der Waals surface area contributed by atoms with Gasteiger partial charge in [0.2, 0.25) is 0 Å². The summed E-state index contributed by atoms with van der Waals surface area (Å²) in [6.07, 6.45) is 1.65. The van der Waals surface area contributed by atoms with Crippen LogP contribution in [0.4, 0.5) is 5.69 Å². The summed E-state index contributed by atoms with van der Waals surface area (Å²) >= 11 is 0. The summed E-state index contributed by atoms with van der Waals surface area (Å²) < 4.78 is 15.5. The van der Waals surface area contributed by atoms with Crippen molar-refractivity contribution in [1.29, 1.82) is 5.53 Å². The van der Waals surface area contributed by atoms with Crippen LogP contribution >= 0.6 is 0 Å². The number of benzene rings is 1. The summed E-state index contributed by atoms with van der Waals surface area (Å²) in [5, 5.41) is 6.50. The molecule has 1 aromatic carbocycles. The first-order valence-corrected chi connectivity index (χ1v) is 7.06. The summed E-state index contributed by atoms with van der Waals surface area (Å²) in [4.78, 5) is 0. The first-order chi connectivity index (χ1) is 10.8. The standard InChI is InChI=1S/C15H24N4O3/c1-20-6-7-21-8-9-22-12-15(19-17)11-18-14-4-2-13(10-16)3-5-14/h2-5,11,17-18H,6-10,12,16H2,1H3/b15-11-,19-17?. The predicted molar refractivity (Wildman–Crippen MR) is 84.7 cm³/mol. The minimum absolute atomic E-state index is 0.255. The minimum Gasteiger partial charge on any atom is -0.382 e. The zero-order valence-corrected chi connectivity index (χ0v) is 12.9. The van der Waals surface area contributed by atoms with Crippen molar-refractivity contribution in [3.05, 3.63) is 41.7 Å². The molecule has 0 heterocycles. The highest BCUT2D eigenvalue weighted by molar-refractivity contribution is 5.47. The first-order valence-electron chi connectivity index (χ1n) is 7.06. The Kier molecular flexibility index (Phi) is 9.80. The van der Waals surface area contributed by atoms with Gasteiger partial charge in [0, 0.05) is 25.5 Å². The summed E-state index contributed by atoms with van der Waals surface area (Å²) in [5.74, 6) is 0. The fourth-order valence-electron chi connectivity index (χ4n) is 1.55. The summed E-state index contributed by atoms with van der Waals surface area (Å²) in [6, 6.07) is 7.73. The van der Waals surface area contributed by atoms with E-state index >= 15 is 0 Å². The number of ether oxygens (including phenoxy) is 3. The number of hydrogen-bond acceptors (Lipinski definition) is 7. The van der Waals surface area contributed by atoms with E-state index in [1.807, 2.05) is 24.3 Å². The molecule has 0 unspecified atom stereocenters. The average molecular weight is 308 g/mol. The van der Waals surface area contributed by atoms with Crippen LogP contribution in [-0.2, 0) is 20.8 Å². The quantitative estimate of drug-likeness (QED) is 0.405. The second-order valence-corrected chi connectivity index (χ2v) is 4.45. The molecule has 22 heavy (non-hydrogen) atoms. The molecular formula is C15H24N4O3. The van der Waals surface area contributed by atoms with Gasteiger partial charge in [-0.1, -0.05) is 12.1 Å². The minimum atomic E-state index is 0.255. The molecule has 0 spiro atoms. The van der Waals surface area contributed by atoms with Crippen molar-refractivity contribution >= 4 is 5.69 Å². The Labute approximate surface area is 130 Å². The number of rotatable bonds is 12. The van der Waals surface area contributed by atoms with Crippen molar-refractivity contribution in [1.82, 2.24) is 0 Å². The lowest BCUT2D eigenvalue weighted by Gasteiger charge is -2.06. The van der Waals surface area contributed by atoms with Crippen LogP contribution in [0.3, 0.4) is 0 Å². The Morgan fingerprint density at radius 1 is 1.18 bits per heavy atom. The highest BCUT2D eigenvalue weighted by atomic mass is 16.5. The lowest BCUT2D eigenvalue weighted by molar-refractivity contribution is 0.0298. The topological polar surface area (TPSA) is 102 Å². The van der Waals surface area contributed by atoms with Gasteiger partial charge in [0.1, 0.15) is 5.70 Å². The largest absolute Gasteiger partial charge is 0.382 e. The van der Waals surface area contributed by atoms with Gasteiger partial charge in [-0.15, -0.1) is 0 Å². The summed E-state index contributed by atoms with van der Waals surface area (Å²) in [7, 11) is 1.63. The molecule has 1 rings (SSSR count). The van der Waals surface area contributed by atoms with Gasteiger partial charge in [-0.3, -0.25) is 0 Å². The monoisotopic (exact) mass is 308 g/mol. The van der Waals surface area contributed by atoms with Crippen molar-refractivity contribution in [3.8, 4) is 0 Å². The molecule has 122 valence electrons. The predicted octanol–water partition coefficient (Wildman–Crippen LogP) is 2.11. The Morgan fingerprint density at radius 2 is 1.86 bits per heavy atom. The van der Waals surface area contributed by atoms with Gasteiger partial charge in [-0.05, 0) is 17.7 Å². The molecule has 0 amide bonds. The third kappa shape index (κ3) is 7.84. The fourth-order valence-corrected chi connectivity index (χ4v) is 1.55. The van der Waals surface area contributed by atoms with E-state index in [0.29, 0.717) is 38.7 Å². The van der Waals surface area contributed by atoms with Crippen LogP contribution in [0.2, 0.25) is 0 Å². The average Bonchev–Trinajstić information content (AvgIpc) is 2.57. The molecule has 0 bridgehead atoms. The van der Waals surface area contributed by atoms with E-state index in [2.05, 4.69) is 10.4 Å². The maximum atomic E-state index is 7.13. The van der Waals surface area contributed by atoms with Crippen LogP contribution in [-0.4, -0.2) is 40.1 Å². The second kappa shape index (κ2) is 11.8. The Morgan fingerprint density at radius 3 is 2.50 bits per heavy atom. The molecule has 0 atom stereocenters. The van der Waals surface area contributed by atoms with Gasteiger partial charge in [0.25, 0.3) is 0 Å². The van der Waals surface area contributed by atoms with Crippen molar-refractivity contribution in [3.63, 3.8) is 0 Å². The molecule has 0 radical (unpaired) electrons. The molecule has 1 aromatic rings. The Bertz CT molecular complexity index is 449. The number of methoxy groups -OCH3 is 1. The smallest absolute Gasteiger partial charge is 0.104 e. The van der Waals surface area contributed by atoms with Crippen LogP contribution in [0.5, 0.6) is 0 Å². The molecule has 0 saturated heterocycles. The van der Waals surface area contributed by atoms with E-state index in [-0.39, 0.29) is 6.61 Å². The molecule has 7 heteroatoms. The molecular weight excluding hydrogens is 284 g/mol. The van der Waals surface area contributed by atoms with E-state index in [1.165, 1.54) is 0 Å². The third-order valence-corrected chi connectivity index (χ3v) is 2.79. The van der Waals surface area contributed by atoms with Gasteiger partial charge < -0.3 is 25.3 Å². The lowest BCUT2D eigenvalue weighted by Crippen LogP contribution is -2.09. The number of nitrogens with two attached hydrogens (primary N) is 1. The van der Waals surface area contributed by atoms with E-state index in [1.54, 1.807) is 13.3 Å². The molecule has 4 N–H and O–H groups in total. The lowest BCUT2D eigenvalue weighted by atomic mass is 10.2. The molecule has 0 aliphatic heterocycles. The number of anilines is 1. The summed E-state index contributed by atoms with van der Waals surface area (Å²) in [5.41, 5.74) is 15.1. The number of hydrogen-bond donors (Lipinski definition) is 3. The Balaban J connectivity index is 2.26. The van der Waals surface area contributed by atoms with E-state index in [4.69, 9.17) is 25.5 Å². The molecule has 0 aliphatic rings.